The summed E-state index contributed by atoms with van der Waals surface area (Å²) in [6.07, 6.45) is 8.77. The van der Waals surface area contributed by atoms with Crippen LogP contribution in [0.4, 0.5) is 0 Å². The first-order valence-corrected chi connectivity index (χ1v) is 5.66. The lowest BCUT2D eigenvalue weighted by molar-refractivity contribution is 0.194. The lowest BCUT2D eigenvalue weighted by atomic mass is 10.00. The van der Waals surface area contributed by atoms with Crippen molar-refractivity contribution in [1.82, 2.24) is 4.90 Å². The molecule has 0 N–H and O–H groups in total. The molecule has 70 valence electrons. The summed E-state index contributed by atoms with van der Waals surface area (Å²) in [5, 5.41) is 0. The second-order valence-electron chi connectivity index (χ2n) is 4.41. The molecule has 1 saturated carbocycles. The van der Waals surface area contributed by atoms with Gasteiger partial charge in [-0.05, 0) is 44.7 Å². The van der Waals surface area contributed by atoms with E-state index in [-0.39, 0.29) is 0 Å². The molecule has 0 spiro atoms. The van der Waals surface area contributed by atoms with E-state index in [1.807, 2.05) is 0 Å². The monoisotopic (exact) mass is 167 g/mol. The van der Waals surface area contributed by atoms with Crippen LogP contribution in [0.2, 0.25) is 0 Å². The van der Waals surface area contributed by atoms with Gasteiger partial charge in [0.2, 0.25) is 0 Å². The number of rotatable bonds is 2. The lowest BCUT2D eigenvalue weighted by Crippen LogP contribution is -2.35. The summed E-state index contributed by atoms with van der Waals surface area (Å²) in [7, 11) is 0. The summed E-state index contributed by atoms with van der Waals surface area (Å²) in [5.41, 5.74) is 0. The van der Waals surface area contributed by atoms with Crippen LogP contribution in [0.1, 0.15) is 45.4 Å². The average Bonchev–Trinajstić information content (AvgIpc) is 2.74. The van der Waals surface area contributed by atoms with Crippen LogP contribution in [0.25, 0.3) is 0 Å². The minimum Gasteiger partial charge on any atom is -0.300 e. The Balaban J connectivity index is 1.92. The molecule has 0 aromatic rings. The first kappa shape index (κ1) is 8.55. The molecule has 2 rings (SSSR count). The quantitative estimate of drug-likeness (QED) is 0.611. The zero-order chi connectivity index (χ0) is 8.39. The summed E-state index contributed by atoms with van der Waals surface area (Å²) < 4.78 is 0. The molecule has 0 radical (unpaired) electrons. The fourth-order valence-electron chi connectivity index (χ4n) is 3.05. The van der Waals surface area contributed by atoms with Crippen molar-refractivity contribution in [3.8, 4) is 0 Å². The molecule has 1 nitrogen and oxygen atoms in total. The van der Waals surface area contributed by atoms with Gasteiger partial charge in [-0.1, -0.05) is 19.8 Å². The first-order chi connectivity index (χ1) is 5.92. The minimum atomic E-state index is 0.970. The smallest absolute Gasteiger partial charge is 0.0123 e. The van der Waals surface area contributed by atoms with Crippen molar-refractivity contribution in [2.75, 3.05) is 13.1 Å². The van der Waals surface area contributed by atoms with Crippen molar-refractivity contribution in [3.63, 3.8) is 0 Å². The van der Waals surface area contributed by atoms with E-state index in [1.165, 1.54) is 51.6 Å². The molecule has 2 atom stereocenters. The number of nitrogens with zero attached hydrogens (tertiary/aromatic N) is 1. The van der Waals surface area contributed by atoms with Crippen LogP contribution in [-0.2, 0) is 0 Å². The SMILES string of the molecule is CC[C@@H]1CCC[C@@H]1N1CCCC1. The van der Waals surface area contributed by atoms with Crippen LogP contribution >= 0.6 is 0 Å². The fraction of sp³-hybridized carbons (Fsp3) is 1.00. The Kier molecular flexibility index (Phi) is 2.69. The molecule has 0 bridgehead atoms. The van der Waals surface area contributed by atoms with Gasteiger partial charge in [-0.15, -0.1) is 0 Å². The summed E-state index contributed by atoms with van der Waals surface area (Å²) in [5.74, 6) is 1.03. The van der Waals surface area contributed by atoms with E-state index in [0.717, 1.165) is 12.0 Å². The highest BCUT2D eigenvalue weighted by molar-refractivity contribution is 4.86. The highest BCUT2D eigenvalue weighted by Crippen LogP contribution is 2.33. The molecule has 2 fully saturated rings. The molecule has 0 aromatic heterocycles. The van der Waals surface area contributed by atoms with Gasteiger partial charge in [-0.25, -0.2) is 0 Å². The molecular weight excluding hydrogens is 146 g/mol. The average molecular weight is 167 g/mol. The summed E-state index contributed by atoms with van der Waals surface area (Å²) in [6.45, 7) is 5.14. The zero-order valence-electron chi connectivity index (χ0n) is 8.26. The number of hydrogen-bond acceptors (Lipinski definition) is 1. The number of likely N-dealkylation sites (tertiary alicyclic amines) is 1. The highest BCUT2D eigenvalue weighted by atomic mass is 15.2. The minimum absolute atomic E-state index is 0.970. The van der Waals surface area contributed by atoms with E-state index in [1.54, 1.807) is 0 Å². The predicted octanol–water partition coefficient (Wildman–Crippen LogP) is 2.66. The van der Waals surface area contributed by atoms with Crippen LogP contribution in [-0.4, -0.2) is 24.0 Å². The Labute approximate surface area is 76.1 Å². The zero-order valence-corrected chi connectivity index (χ0v) is 8.26. The van der Waals surface area contributed by atoms with Crippen LogP contribution < -0.4 is 0 Å². The Morgan fingerprint density at radius 1 is 1.08 bits per heavy atom. The summed E-state index contributed by atoms with van der Waals surface area (Å²) >= 11 is 0. The van der Waals surface area contributed by atoms with E-state index in [0.29, 0.717) is 0 Å². The third kappa shape index (κ3) is 1.52. The van der Waals surface area contributed by atoms with Gasteiger partial charge in [0.1, 0.15) is 0 Å². The van der Waals surface area contributed by atoms with Crippen LogP contribution in [0.3, 0.4) is 0 Å². The van der Waals surface area contributed by atoms with E-state index >= 15 is 0 Å². The van der Waals surface area contributed by atoms with Gasteiger partial charge in [0.25, 0.3) is 0 Å². The maximum absolute atomic E-state index is 2.75. The highest BCUT2D eigenvalue weighted by Gasteiger charge is 2.31. The van der Waals surface area contributed by atoms with Crippen molar-refractivity contribution in [1.29, 1.82) is 0 Å². The maximum atomic E-state index is 2.75. The Hall–Kier alpha value is -0.0400. The van der Waals surface area contributed by atoms with Crippen molar-refractivity contribution in [2.24, 2.45) is 5.92 Å². The summed E-state index contributed by atoms with van der Waals surface area (Å²) in [6, 6.07) is 0.970. The molecule has 1 aliphatic carbocycles. The van der Waals surface area contributed by atoms with Gasteiger partial charge in [0, 0.05) is 6.04 Å². The topological polar surface area (TPSA) is 3.24 Å². The molecule has 1 saturated heterocycles. The van der Waals surface area contributed by atoms with E-state index in [9.17, 15) is 0 Å². The molecule has 0 aromatic carbocycles. The normalized spacial score (nSPS) is 37.8. The molecule has 1 heterocycles. The molecular formula is C11H21N. The van der Waals surface area contributed by atoms with Gasteiger partial charge >= 0.3 is 0 Å². The Bertz CT molecular complexity index is 138. The fourth-order valence-corrected chi connectivity index (χ4v) is 3.05. The molecule has 1 heteroatoms. The van der Waals surface area contributed by atoms with Crippen molar-refractivity contribution < 1.29 is 0 Å². The second kappa shape index (κ2) is 3.78. The largest absolute Gasteiger partial charge is 0.300 e. The van der Waals surface area contributed by atoms with Gasteiger partial charge in [0.15, 0.2) is 0 Å². The summed E-state index contributed by atoms with van der Waals surface area (Å²) in [4.78, 5) is 2.75. The predicted molar refractivity (Wildman–Crippen MR) is 52.2 cm³/mol. The van der Waals surface area contributed by atoms with Crippen molar-refractivity contribution in [3.05, 3.63) is 0 Å². The Morgan fingerprint density at radius 3 is 2.50 bits per heavy atom. The van der Waals surface area contributed by atoms with E-state index < -0.39 is 0 Å². The maximum Gasteiger partial charge on any atom is 0.0123 e. The molecule has 0 unspecified atom stereocenters. The van der Waals surface area contributed by atoms with Crippen molar-refractivity contribution in [2.45, 2.75) is 51.5 Å². The van der Waals surface area contributed by atoms with Gasteiger partial charge in [-0.3, -0.25) is 0 Å². The van der Waals surface area contributed by atoms with E-state index in [4.69, 9.17) is 0 Å². The second-order valence-corrected chi connectivity index (χ2v) is 4.41. The molecule has 0 amide bonds. The lowest BCUT2D eigenvalue weighted by Gasteiger charge is -2.28. The van der Waals surface area contributed by atoms with Gasteiger partial charge < -0.3 is 4.90 Å². The standard InChI is InChI=1S/C11H21N/c1-2-10-6-5-7-11(10)12-8-3-4-9-12/h10-11H,2-9H2,1H3/t10-,11+/m1/s1. The Morgan fingerprint density at radius 2 is 1.83 bits per heavy atom. The third-order valence-electron chi connectivity index (χ3n) is 3.75. The molecule has 12 heavy (non-hydrogen) atoms. The molecule has 2 aliphatic rings. The third-order valence-corrected chi connectivity index (χ3v) is 3.75. The van der Waals surface area contributed by atoms with Crippen molar-refractivity contribution >= 4 is 0 Å². The van der Waals surface area contributed by atoms with Crippen LogP contribution in [0.5, 0.6) is 0 Å². The first-order valence-electron chi connectivity index (χ1n) is 5.66. The molecule has 1 aliphatic heterocycles. The van der Waals surface area contributed by atoms with Crippen LogP contribution in [0.15, 0.2) is 0 Å². The van der Waals surface area contributed by atoms with E-state index in [2.05, 4.69) is 11.8 Å². The van der Waals surface area contributed by atoms with Gasteiger partial charge in [0.05, 0.1) is 0 Å². The number of hydrogen-bond donors (Lipinski definition) is 0. The van der Waals surface area contributed by atoms with Crippen LogP contribution in [0, 0.1) is 5.92 Å². The van der Waals surface area contributed by atoms with Gasteiger partial charge in [-0.2, -0.15) is 0 Å².